The van der Waals surface area contributed by atoms with Crippen molar-refractivity contribution < 1.29 is 4.63 Å². The second-order valence-corrected chi connectivity index (χ2v) is 2.65. The van der Waals surface area contributed by atoms with Crippen LogP contribution in [0.15, 0.2) is 4.63 Å². The van der Waals surface area contributed by atoms with E-state index in [1.807, 2.05) is 0 Å². The quantitative estimate of drug-likeness (QED) is 0.664. The molecule has 8 nitrogen and oxygen atoms in total. The number of aromatic nitrogens is 5. The molecular weight excluding hydrogens is 186 g/mol. The first-order valence-corrected chi connectivity index (χ1v) is 3.89. The lowest BCUT2D eigenvalue weighted by Gasteiger charge is -1.99. The average molecular weight is 195 g/mol. The maximum Gasteiger partial charge on any atom is 0.224 e. The summed E-state index contributed by atoms with van der Waals surface area (Å²) >= 11 is 0. The Morgan fingerprint density at radius 1 is 1.36 bits per heavy atom. The van der Waals surface area contributed by atoms with E-state index in [2.05, 4.69) is 30.5 Å². The summed E-state index contributed by atoms with van der Waals surface area (Å²) in [5.41, 5.74) is 5.91. The number of rotatable bonds is 2. The number of anilines is 2. The molecule has 0 amide bonds. The number of nitrogens with two attached hydrogens (primary N) is 1. The van der Waals surface area contributed by atoms with E-state index in [0.29, 0.717) is 17.5 Å². The van der Waals surface area contributed by atoms with Crippen molar-refractivity contribution in [2.75, 3.05) is 18.1 Å². The fourth-order valence-corrected chi connectivity index (χ4v) is 1.10. The van der Waals surface area contributed by atoms with E-state index in [0.717, 1.165) is 0 Å². The molecule has 0 atom stereocenters. The molecule has 2 heterocycles. The molecule has 74 valence electrons. The monoisotopic (exact) mass is 195 g/mol. The van der Waals surface area contributed by atoms with E-state index in [1.54, 1.807) is 18.7 Å². The SMILES string of the molecule is CNc1nnc(-c2nonc2N)n1C. The average Bonchev–Trinajstić information content (AvgIpc) is 2.72. The van der Waals surface area contributed by atoms with Crippen LogP contribution in [0.4, 0.5) is 11.8 Å². The molecule has 2 rings (SSSR count). The molecule has 2 aromatic rings. The first-order chi connectivity index (χ1) is 6.74. The second kappa shape index (κ2) is 2.98. The topological polar surface area (TPSA) is 108 Å². The maximum absolute atomic E-state index is 5.52. The van der Waals surface area contributed by atoms with Crippen LogP contribution in [-0.4, -0.2) is 32.1 Å². The van der Waals surface area contributed by atoms with Gasteiger partial charge < -0.3 is 11.1 Å². The number of nitrogens with one attached hydrogen (secondary N) is 1. The van der Waals surface area contributed by atoms with Crippen LogP contribution in [0.2, 0.25) is 0 Å². The summed E-state index contributed by atoms with van der Waals surface area (Å²) in [6, 6.07) is 0. The molecule has 0 saturated carbocycles. The van der Waals surface area contributed by atoms with E-state index in [4.69, 9.17) is 5.73 Å². The Balaban J connectivity index is 2.52. The van der Waals surface area contributed by atoms with Gasteiger partial charge in [-0.15, -0.1) is 10.2 Å². The Bertz CT molecular complexity index is 445. The number of nitrogens with zero attached hydrogens (tertiary/aromatic N) is 5. The summed E-state index contributed by atoms with van der Waals surface area (Å²) in [6.07, 6.45) is 0. The fourth-order valence-electron chi connectivity index (χ4n) is 1.10. The predicted octanol–water partition coefficient (Wildman–Crippen LogP) is -0.511. The Hall–Kier alpha value is -2.12. The third kappa shape index (κ3) is 1.08. The van der Waals surface area contributed by atoms with Crippen LogP contribution in [-0.2, 0) is 7.05 Å². The summed E-state index contributed by atoms with van der Waals surface area (Å²) < 4.78 is 6.18. The lowest BCUT2D eigenvalue weighted by molar-refractivity contribution is 0.310. The summed E-state index contributed by atoms with van der Waals surface area (Å²) in [5, 5.41) is 17.7. The van der Waals surface area contributed by atoms with Gasteiger partial charge in [0.25, 0.3) is 0 Å². The molecule has 14 heavy (non-hydrogen) atoms. The molecular formula is C6H9N7O. The van der Waals surface area contributed by atoms with Gasteiger partial charge in [-0.05, 0) is 10.3 Å². The molecule has 0 bridgehead atoms. The molecule has 8 heteroatoms. The Morgan fingerprint density at radius 2 is 2.14 bits per heavy atom. The van der Waals surface area contributed by atoms with E-state index in [1.165, 1.54) is 0 Å². The summed E-state index contributed by atoms with van der Waals surface area (Å²) in [4.78, 5) is 0. The predicted molar refractivity (Wildman–Crippen MR) is 48.3 cm³/mol. The molecule has 0 spiro atoms. The fraction of sp³-hybridized carbons (Fsp3) is 0.333. The molecule has 0 aliphatic carbocycles. The zero-order valence-corrected chi connectivity index (χ0v) is 7.72. The number of nitrogen functional groups attached to an aromatic ring is 1. The highest BCUT2D eigenvalue weighted by Crippen LogP contribution is 2.20. The minimum Gasteiger partial charge on any atom is -0.379 e. The van der Waals surface area contributed by atoms with E-state index in [-0.39, 0.29) is 5.82 Å². The lowest BCUT2D eigenvalue weighted by Crippen LogP contribution is -2.00. The van der Waals surface area contributed by atoms with Crippen molar-refractivity contribution in [3.63, 3.8) is 0 Å². The van der Waals surface area contributed by atoms with Crippen LogP contribution in [0.3, 0.4) is 0 Å². The highest BCUT2D eigenvalue weighted by Gasteiger charge is 2.16. The van der Waals surface area contributed by atoms with Gasteiger partial charge in [0.2, 0.25) is 5.95 Å². The highest BCUT2D eigenvalue weighted by molar-refractivity contribution is 5.63. The minimum atomic E-state index is 0.197. The van der Waals surface area contributed by atoms with Crippen molar-refractivity contribution in [3.8, 4) is 11.5 Å². The normalized spacial score (nSPS) is 10.4. The molecule has 0 unspecified atom stereocenters. The van der Waals surface area contributed by atoms with Gasteiger partial charge >= 0.3 is 0 Å². The van der Waals surface area contributed by atoms with Gasteiger partial charge in [-0.1, -0.05) is 0 Å². The molecule has 0 aromatic carbocycles. The van der Waals surface area contributed by atoms with Crippen molar-refractivity contribution in [2.24, 2.45) is 7.05 Å². The smallest absolute Gasteiger partial charge is 0.224 e. The van der Waals surface area contributed by atoms with Gasteiger partial charge in [0.15, 0.2) is 17.3 Å². The Kier molecular flexibility index (Phi) is 1.80. The number of hydrogen-bond acceptors (Lipinski definition) is 7. The van der Waals surface area contributed by atoms with Gasteiger partial charge in [-0.2, -0.15) is 0 Å². The Morgan fingerprint density at radius 3 is 2.64 bits per heavy atom. The third-order valence-corrected chi connectivity index (χ3v) is 1.82. The third-order valence-electron chi connectivity index (χ3n) is 1.82. The first-order valence-electron chi connectivity index (χ1n) is 3.89. The van der Waals surface area contributed by atoms with Gasteiger partial charge in [-0.25, -0.2) is 4.63 Å². The van der Waals surface area contributed by atoms with Gasteiger partial charge in [-0.3, -0.25) is 4.57 Å². The van der Waals surface area contributed by atoms with Gasteiger partial charge in [0, 0.05) is 14.1 Å². The first kappa shape index (κ1) is 8.48. The van der Waals surface area contributed by atoms with Crippen LogP contribution >= 0.6 is 0 Å². The standard InChI is InChI=1S/C6H9N7O/c1-8-6-10-9-5(13(6)2)3-4(7)12-14-11-3/h1-2H3,(H2,7,12)(H,8,10). The van der Waals surface area contributed by atoms with Crippen molar-refractivity contribution in [3.05, 3.63) is 0 Å². The van der Waals surface area contributed by atoms with E-state index < -0.39 is 0 Å². The summed E-state index contributed by atoms with van der Waals surface area (Å²) in [6.45, 7) is 0. The molecule has 0 aliphatic rings. The zero-order valence-electron chi connectivity index (χ0n) is 7.72. The van der Waals surface area contributed by atoms with Crippen LogP contribution in [0.25, 0.3) is 11.5 Å². The van der Waals surface area contributed by atoms with Gasteiger partial charge in [0.1, 0.15) is 0 Å². The van der Waals surface area contributed by atoms with Crippen LogP contribution in [0, 0.1) is 0 Å². The molecule has 0 radical (unpaired) electrons. The highest BCUT2D eigenvalue weighted by atomic mass is 16.6. The molecule has 2 aromatic heterocycles. The largest absolute Gasteiger partial charge is 0.379 e. The van der Waals surface area contributed by atoms with Gasteiger partial charge in [0.05, 0.1) is 0 Å². The van der Waals surface area contributed by atoms with Crippen molar-refractivity contribution in [1.29, 1.82) is 0 Å². The zero-order chi connectivity index (χ0) is 10.1. The second-order valence-electron chi connectivity index (χ2n) is 2.65. The van der Waals surface area contributed by atoms with Crippen LogP contribution in [0.5, 0.6) is 0 Å². The van der Waals surface area contributed by atoms with E-state index >= 15 is 0 Å². The lowest BCUT2D eigenvalue weighted by atomic mass is 10.4. The molecule has 0 saturated heterocycles. The molecule has 3 N–H and O–H groups in total. The van der Waals surface area contributed by atoms with E-state index in [9.17, 15) is 0 Å². The van der Waals surface area contributed by atoms with Crippen molar-refractivity contribution >= 4 is 11.8 Å². The van der Waals surface area contributed by atoms with Crippen LogP contribution in [0.1, 0.15) is 0 Å². The Labute approximate surface area is 79.1 Å². The summed E-state index contributed by atoms with van der Waals surface area (Å²) in [7, 11) is 3.54. The molecule has 0 fully saturated rings. The van der Waals surface area contributed by atoms with Crippen LogP contribution < -0.4 is 11.1 Å². The number of hydrogen-bond donors (Lipinski definition) is 2. The minimum absolute atomic E-state index is 0.197. The summed E-state index contributed by atoms with van der Waals surface area (Å²) in [5.74, 6) is 1.32. The maximum atomic E-state index is 5.52. The molecule has 0 aliphatic heterocycles. The van der Waals surface area contributed by atoms with Crippen molar-refractivity contribution in [2.45, 2.75) is 0 Å². The van der Waals surface area contributed by atoms with Crippen molar-refractivity contribution in [1.82, 2.24) is 25.1 Å².